The maximum absolute atomic E-state index is 13.2. The van der Waals surface area contributed by atoms with Gasteiger partial charge in [0, 0.05) is 18.1 Å². The second kappa shape index (κ2) is 5.50. The highest BCUT2D eigenvalue weighted by atomic mass is 19.4. The highest BCUT2D eigenvalue weighted by molar-refractivity contribution is 5.98. The van der Waals surface area contributed by atoms with Crippen LogP contribution in [-0.2, 0) is 0 Å². The first-order chi connectivity index (χ1) is 10.8. The summed E-state index contributed by atoms with van der Waals surface area (Å²) < 4.78 is 41.2. The first kappa shape index (κ1) is 15.8. The molecule has 124 valence electrons. The van der Waals surface area contributed by atoms with Crippen LogP contribution in [0.3, 0.4) is 0 Å². The molecule has 0 radical (unpaired) electrons. The van der Waals surface area contributed by atoms with Crippen LogP contribution in [0.5, 0.6) is 0 Å². The van der Waals surface area contributed by atoms with Crippen LogP contribution < -0.4 is 5.32 Å². The SMILES string of the molecule is Cc1cn2c(C)cnc(C(=O)NC(C3CCC3)C(F)(F)F)c2n1. The third-order valence-electron chi connectivity index (χ3n) is 4.27. The topological polar surface area (TPSA) is 59.3 Å². The average molecular weight is 326 g/mol. The molecule has 1 N–H and O–H groups in total. The van der Waals surface area contributed by atoms with Gasteiger partial charge in [-0.2, -0.15) is 13.2 Å². The molecule has 1 atom stereocenters. The summed E-state index contributed by atoms with van der Waals surface area (Å²) in [5.41, 5.74) is 1.61. The zero-order chi connectivity index (χ0) is 16.8. The molecule has 8 heteroatoms. The first-order valence-electron chi connectivity index (χ1n) is 7.46. The molecule has 0 bridgehead atoms. The molecule has 2 heterocycles. The molecule has 0 spiro atoms. The van der Waals surface area contributed by atoms with Crippen LogP contribution in [0.4, 0.5) is 13.2 Å². The zero-order valence-corrected chi connectivity index (χ0v) is 12.8. The van der Waals surface area contributed by atoms with Crippen LogP contribution in [0, 0.1) is 19.8 Å². The summed E-state index contributed by atoms with van der Waals surface area (Å²) in [4.78, 5) is 20.6. The Bertz CT molecular complexity index is 749. The molecule has 23 heavy (non-hydrogen) atoms. The summed E-state index contributed by atoms with van der Waals surface area (Å²) in [5, 5.41) is 2.12. The van der Waals surface area contributed by atoms with Crippen molar-refractivity contribution in [3.05, 3.63) is 29.5 Å². The van der Waals surface area contributed by atoms with Crippen LogP contribution in [0.2, 0.25) is 0 Å². The number of carbonyl (C=O) groups excluding carboxylic acids is 1. The van der Waals surface area contributed by atoms with Gasteiger partial charge in [0.05, 0.1) is 5.69 Å². The van der Waals surface area contributed by atoms with Gasteiger partial charge in [0.2, 0.25) is 0 Å². The molecular formula is C15H17F3N4O. The van der Waals surface area contributed by atoms with Crippen molar-refractivity contribution in [2.45, 2.75) is 45.3 Å². The first-order valence-corrected chi connectivity index (χ1v) is 7.46. The highest BCUT2D eigenvalue weighted by Gasteiger charge is 2.47. The number of hydrogen-bond donors (Lipinski definition) is 1. The van der Waals surface area contributed by atoms with Gasteiger partial charge in [0.25, 0.3) is 5.91 Å². The maximum atomic E-state index is 13.2. The van der Waals surface area contributed by atoms with E-state index in [0.717, 1.165) is 12.1 Å². The molecule has 1 fully saturated rings. The summed E-state index contributed by atoms with van der Waals surface area (Å²) >= 11 is 0. The number of nitrogens with zero attached hydrogens (tertiary/aromatic N) is 3. The lowest BCUT2D eigenvalue weighted by Crippen LogP contribution is -2.52. The van der Waals surface area contributed by atoms with E-state index in [0.29, 0.717) is 18.5 Å². The Kier molecular flexibility index (Phi) is 3.77. The van der Waals surface area contributed by atoms with Gasteiger partial charge < -0.3 is 9.72 Å². The Morgan fingerprint density at radius 1 is 1.39 bits per heavy atom. The van der Waals surface area contributed by atoms with Crippen molar-refractivity contribution in [2.24, 2.45) is 5.92 Å². The number of fused-ring (bicyclic) bond motifs is 1. The van der Waals surface area contributed by atoms with Crippen LogP contribution in [0.1, 0.15) is 41.1 Å². The van der Waals surface area contributed by atoms with E-state index in [9.17, 15) is 18.0 Å². The Hall–Kier alpha value is -2.12. The molecule has 0 saturated heterocycles. The smallest absolute Gasteiger partial charge is 0.339 e. The Morgan fingerprint density at radius 3 is 2.65 bits per heavy atom. The van der Waals surface area contributed by atoms with Gasteiger partial charge in [-0.05, 0) is 32.6 Å². The number of amides is 1. The fourth-order valence-corrected chi connectivity index (χ4v) is 2.82. The minimum absolute atomic E-state index is 0.0859. The fourth-order valence-electron chi connectivity index (χ4n) is 2.82. The minimum atomic E-state index is -4.47. The van der Waals surface area contributed by atoms with E-state index in [1.54, 1.807) is 24.4 Å². The van der Waals surface area contributed by atoms with E-state index < -0.39 is 24.0 Å². The Balaban J connectivity index is 1.92. The maximum Gasteiger partial charge on any atom is 0.408 e. The largest absolute Gasteiger partial charge is 0.408 e. The van der Waals surface area contributed by atoms with Crippen molar-refractivity contribution in [1.29, 1.82) is 0 Å². The number of aromatic nitrogens is 3. The quantitative estimate of drug-likeness (QED) is 0.943. The third kappa shape index (κ3) is 2.89. The summed E-state index contributed by atoms with van der Waals surface area (Å²) in [6.07, 6.45) is 0.422. The molecule has 3 rings (SSSR count). The molecule has 0 aliphatic heterocycles. The number of carbonyl (C=O) groups is 1. The number of rotatable bonds is 3. The van der Waals surface area contributed by atoms with E-state index >= 15 is 0 Å². The number of hydrogen-bond acceptors (Lipinski definition) is 3. The minimum Gasteiger partial charge on any atom is -0.339 e. The second-order valence-electron chi connectivity index (χ2n) is 6.01. The number of alkyl halides is 3. The van der Waals surface area contributed by atoms with Crippen molar-refractivity contribution < 1.29 is 18.0 Å². The van der Waals surface area contributed by atoms with Crippen molar-refractivity contribution in [2.75, 3.05) is 0 Å². The monoisotopic (exact) mass is 326 g/mol. The summed E-state index contributed by atoms with van der Waals surface area (Å²) in [7, 11) is 0. The zero-order valence-electron chi connectivity index (χ0n) is 12.8. The molecule has 1 aliphatic rings. The number of halogens is 3. The molecule has 2 aromatic heterocycles. The van der Waals surface area contributed by atoms with E-state index in [1.165, 1.54) is 6.20 Å². The van der Waals surface area contributed by atoms with Gasteiger partial charge in [0.1, 0.15) is 6.04 Å². The van der Waals surface area contributed by atoms with Crippen molar-refractivity contribution >= 4 is 11.6 Å². The molecular weight excluding hydrogens is 309 g/mol. The summed E-state index contributed by atoms with van der Waals surface area (Å²) in [6.45, 7) is 3.54. The molecule has 0 aromatic carbocycles. The van der Waals surface area contributed by atoms with Gasteiger partial charge in [0.15, 0.2) is 11.3 Å². The summed E-state index contributed by atoms with van der Waals surface area (Å²) in [5.74, 6) is -1.39. The fraction of sp³-hybridized carbons (Fsp3) is 0.533. The van der Waals surface area contributed by atoms with Gasteiger partial charge in [-0.25, -0.2) is 9.97 Å². The lowest BCUT2D eigenvalue weighted by Gasteiger charge is -2.35. The number of nitrogens with one attached hydrogen (secondary N) is 1. The molecule has 5 nitrogen and oxygen atoms in total. The molecule has 1 aliphatic carbocycles. The van der Waals surface area contributed by atoms with Gasteiger partial charge >= 0.3 is 6.18 Å². The van der Waals surface area contributed by atoms with E-state index in [2.05, 4.69) is 15.3 Å². The van der Waals surface area contributed by atoms with Crippen LogP contribution in [-0.4, -0.2) is 32.5 Å². The van der Waals surface area contributed by atoms with Crippen molar-refractivity contribution in [3.63, 3.8) is 0 Å². The van der Waals surface area contributed by atoms with E-state index in [1.807, 2.05) is 0 Å². The second-order valence-corrected chi connectivity index (χ2v) is 6.01. The highest BCUT2D eigenvalue weighted by Crippen LogP contribution is 2.37. The summed E-state index contributed by atoms with van der Waals surface area (Å²) in [6, 6.07) is -1.83. The number of imidazole rings is 1. The molecule has 1 unspecified atom stereocenters. The predicted molar refractivity (Wildman–Crippen MR) is 77.1 cm³/mol. The van der Waals surface area contributed by atoms with Gasteiger partial charge in [-0.1, -0.05) is 6.42 Å². The van der Waals surface area contributed by atoms with Crippen molar-refractivity contribution in [3.8, 4) is 0 Å². The van der Waals surface area contributed by atoms with Gasteiger partial charge in [-0.15, -0.1) is 0 Å². The van der Waals surface area contributed by atoms with Crippen LogP contribution in [0.25, 0.3) is 5.65 Å². The van der Waals surface area contributed by atoms with E-state index in [-0.39, 0.29) is 11.3 Å². The normalized spacial score (nSPS) is 17.1. The van der Waals surface area contributed by atoms with Crippen LogP contribution in [0.15, 0.2) is 12.4 Å². The lowest BCUT2D eigenvalue weighted by molar-refractivity contribution is -0.171. The molecule has 1 amide bonds. The average Bonchev–Trinajstić information content (AvgIpc) is 2.77. The molecule has 1 saturated carbocycles. The van der Waals surface area contributed by atoms with Gasteiger partial charge in [-0.3, -0.25) is 4.79 Å². The Morgan fingerprint density at radius 2 is 2.09 bits per heavy atom. The standard InChI is InChI=1S/C15H17F3N4O/c1-8-7-22-9(2)6-19-11(13(22)20-8)14(23)21-12(15(16,17)18)10-4-3-5-10/h6-7,10,12H,3-5H2,1-2H3,(H,21,23). The predicted octanol–water partition coefficient (Wildman–Crippen LogP) is 2.81. The van der Waals surface area contributed by atoms with E-state index in [4.69, 9.17) is 0 Å². The van der Waals surface area contributed by atoms with Crippen LogP contribution >= 0.6 is 0 Å². The third-order valence-corrected chi connectivity index (χ3v) is 4.27. The Labute approximate surface area is 130 Å². The lowest BCUT2D eigenvalue weighted by atomic mass is 9.79. The molecule has 2 aromatic rings. The number of aryl methyl sites for hydroxylation is 2. The van der Waals surface area contributed by atoms with Crippen molar-refractivity contribution in [1.82, 2.24) is 19.7 Å².